The normalized spacial score (nSPS) is 13.9. The summed E-state index contributed by atoms with van der Waals surface area (Å²) in [6.45, 7) is 2.60. The van der Waals surface area contributed by atoms with Crippen LogP contribution in [0.5, 0.6) is 5.75 Å². The molecule has 2 heterocycles. The van der Waals surface area contributed by atoms with Crippen LogP contribution >= 0.6 is 11.6 Å². The van der Waals surface area contributed by atoms with Gasteiger partial charge < -0.3 is 4.74 Å². The molecule has 3 rings (SSSR count). The van der Waals surface area contributed by atoms with Crippen LogP contribution in [0.3, 0.4) is 0 Å². The highest BCUT2D eigenvalue weighted by Gasteiger charge is 2.16. The van der Waals surface area contributed by atoms with E-state index in [2.05, 4.69) is 16.0 Å². The van der Waals surface area contributed by atoms with Crippen molar-refractivity contribution >= 4 is 11.6 Å². The Morgan fingerprint density at radius 1 is 1.28 bits per heavy atom. The molecule has 1 aliphatic rings. The molecule has 1 aromatic heterocycles. The van der Waals surface area contributed by atoms with E-state index in [1.54, 1.807) is 6.07 Å². The van der Waals surface area contributed by atoms with Gasteiger partial charge >= 0.3 is 0 Å². The van der Waals surface area contributed by atoms with Crippen LogP contribution in [0.4, 0.5) is 0 Å². The lowest BCUT2D eigenvalue weighted by Gasteiger charge is -2.20. The van der Waals surface area contributed by atoms with Gasteiger partial charge in [0.05, 0.1) is 12.3 Å². The summed E-state index contributed by atoms with van der Waals surface area (Å²) in [5.74, 6) is 1.61. The number of nitrogens with zero attached hydrogens (tertiary/aromatic N) is 2. The zero-order chi connectivity index (χ0) is 12.5. The standard InChI is InChI=1S/C14H13ClN2O/c1-9-16-12(8-13(15)17-9)11-6-2-4-10-5-3-7-18-14(10)11/h2,4,6,8H,3,5,7H2,1H3. The molecule has 3 nitrogen and oxygen atoms in total. The van der Waals surface area contributed by atoms with E-state index in [0.29, 0.717) is 11.0 Å². The molecule has 0 N–H and O–H groups in total. The summed E-state index contributed by atoms with van der Waals surface area (Å²) in [7, 11) is 0. The van der Waals surface area contributed by atoms with Crippen molar-refractivity contribution in [2.75, 3.05) is 6.61 Å². The topological polar surface area (TPSA) is 35.0 Å². The third-order valence-corrected chi connectivity index (χ3v) is 3.21. The first kappa shape index (κ1) is 11.5. The molecule has 0 spiro atoms. The first-order valence-electron chi connectivity index (χ1n) is 6.00. The van der Waals surface area contributed by atoms with Gasteiger partial charge in [0.25, 0.3) is 0 Å². The highest BCUT2D eigenvalue weighted by atomic mass is 35.5. The minimum atomic E-state index is 0.464. The van der Waals surface area contributed by atoms with E-state index in [4.69, 9.17) is 16.3 Å². The van der Waals surface area contributed by atoms with Crippen LogP contribution in [0.2, 0.25) is 5.15 Å². The molecular formula is C14H13ClN2O. The number of aromatic nitrogens is 2. The van der Waals surface area contributed by atoms with Crippen LogP contribution in [-0.2, 0) is 6.42 Å². The Bertz CT molecular complexity index is 578. The van der Waals surface area contributed by atoms with Crippen LogP contribution < -0.4 is 4.74 Å². The van der Waals surface area contributed by atoms with E-state index < -0.39 is 0 Å². The molecule has 0 aliphatic carbocycles. The SMILES string of the molecule is Cc1nc(Cl)cc(-c2cccc3c2OCCC3)n1. The Balaban J connectivity index is 2.16. The quantitative estimate of drug-likeness (QED) is 0.737. The molecule has 18 heavy (non-hydrogen) atoms. The molecule has 0 saturated carbocycles. The van der Waals surface area contributed by atoms with E-state index in [-0.39, 0.29) is 0 Å². The third kappa shape index (κ3) is 2.06. The molecule has 2 aromatic rings. The first-order valence-corrected chi connectivity index (χ1v) is 6.38. The van der Waals surface area contributed by atoms with Gasteiger partial charge in [-0.25, -0.2) is 9.97 Å². The summed E-state index contributed by atoms with van der Waals surface area (Å²) in [6, 6.07) is 7.94. The summed E-state index contributed by atoms with van der Waals surface area (Å²) in [5.41, 5.74) is 3.07. The Morgan fingerprint density at radius 3 is 3.00 bits per heavy atom. The maximum absolute atomic E-state index is 5.99. The predicted octanol–water partition coefficient (Wildman–Crippen LogP) is 3.43. The molecule has 0 fully saturated rings. The fourth-order valence-corrected chi connectivity index (χ4v) is 2.49. The van der Waals surface area contributed by atoms with Gasteiger partial charge in [-0.3, -0.25) is 0 Å². The van der Waals surface area contributed by atoms with Gasteiger partial charge in [0.1, 0.15) is 16.7 Å². The van der Waals surface area contributed by atoms with Crippen LogP contribution in [-0.4, -0.2) is 16.6 Å². The van der Waals surface area contributed by atoms with Crippen molar-refractivity contribution in [3.63, 3.8) is 0 Å². The number of para-hydroxylation sites is 1. The summed E-state index contributed by atoms with van der Waals surface area (Å²) >= 11 is 5.99. The molecule has 92 valence electrons. The van der Waals surface area contributed by atoms with Crippen molar-refractivity contribution in [1.82, 2.24) is 9.97 Å². The molecule has 0 bridgehead atoms. The number of fused-ring (bicyclic) bond motifs is 1. The second kappa shape index (κ2) is 4.58. The monoisotopic (exact) mass is 260 g/mol. The van der Waals surface area contributed by atoms with Gasteiger partial charge in [0.2, 0.25) is 0 Å². The Hall–Kier alpha value is -1.61. The molecule has 0 radical (unpaired) electrons. The van der Waals surface area contributed by atoms with E-state index in [9.17, 15) is 0 Å². The van der Waals surface area contributed by atoms with Crippen LogP contribution in [0.1, 0.15) is 17.8 Å². The maximum Gasteiger partial charge on any atom is 0.133 e. The van der Waals surface area contributed by atoms with Gasteiger partial charge in [-0.2, -0.15) is 0 Å². The second-order valence-electron chi connectivity index (χ2n) is 4.37. The van der Waals surface area contributed by atoms with Crippen LogP contribution in [0, 0.1) is 6.92 Å². The zero-order valence-corrected chi connectivity index (χ0v) is 10.9. The molecule has 0 atom stereocenters. The minimum absolute atomic E-state index is 0.464. The first-order chi connectivity index (χ1) is 8.74. The van der Waals surface area contributed by atoms with Crippen LogP contribution in [0.25, 0.3) is 11.3 Å². The highest BCUT2D eigenvalue weighted by molar-refractivity contribution is 6.29. The van der Waals surface area contributed by atoms with Crippen molar-refractivity contribution in [3.8, 4) is 17.0 Å². The molecular weight excluding hydrogens is 248 g/mol. The number of ether oxygens (including phenoxy) is 1. The average Bonchev–Trinajstić information content (AvgIpc) is 2.37. The van der Waals surface area contributed by atoms with E-state index in [0.717, 1.165) is 36.5 Å². The molecule has 0 saturated heterocycles. The van der Waals surface area contributed by atoms with Crippen molar-refractivity contribution in [2.45, 2.75) is 19.8 Å². The maximum atomic E-state index is 5.99. The van der Waals surface area contributed by atoms with Gasteiger partial charge in [-0.15, -0.1) is 0 Å². The fraction of sp³-hybridized carbons (Fsp3) is 0.286. The molecule has 0 amide bonds. The average molecular weight is 261 g/mol. The van der Waals surface area contributed by atoms with Crippen molar-refractivity contribution in [2.24, 2.45) is 0 Å². The molecule has 0 unspecified atom stereocenters. The third-order valence-electron chi connectivity index (χ3n) is 3.02. The molecule has 4 heteroatoms. The van der Waals surface area contributed by atoms with Crippen LogP contribution in [0.15, 0.2) is 24.3 Å². The fourth-order valence-electron chi connectivity index (χ4n) is 2.26. The largest absolute Gasteiger partial charge is 0.493 e. The number of halogens is 1. The number of aryl methyl sites for hydroxylation is 2. The van der Waals surface area contributed by atoms with Crippen molar-refractivity contribution < 1.29 is 4.74 Å². The summed E-state index contributed by atoms with van der Waals surface area (Å²) in [6.07, 6.45) is 2.13. The minimum Gasteiger partial charge on any atom is -0.493 e. The summed E-state index contributed by atoms with van der Waals surface area (Å²) in [4.78, 5) is 8.52. The predicted molar refractivity (Wildman–Crippen MR) is 71.0 cm³/mol. The Kier molecular flexibility index (Phi) is 2.92. The molecule has 1 aromatic carbocycles. The number of benzene rings is 1. The highest BCUT2D eigenvalue weighted by Crippen LogP contribution is 2.35. The lowest BCUT2D eigenvalue weighted by molar-refractivity contribution is 0.289. The smallest absolute Gasteiger partial charge is 0.133 e. The Labute approximate surface area is 111 Å². The number of hydrogen-bond donors (Lipinski definition) is 0. The van der Waals surface area contributed by atoms with Gasteiger partial charge in [-0.1, -0.05) is 23.7 Å². The lowest BCUT2D eigenvalue weighted by atomic mass is 10.0. The van der Waals surface area contributed by atoms with Crippen molar-refractivity contribution in [3.05, 3.63) is 40.8 Å². The van der Waals surface area contributed by atoms with Crippen molar-refractivity contribution in [1.29, 1.82) is 0 Å². The second-order valence-corrected chi connectivity index (χ2v) is 4.76. The summed E-state index contributed by atoms with van der Waals surface area (Å²) in [5, 5.41) is 0.464. The van der Waals surface area contributed by atoms with Gasteiger partial charge in [0, 0.05) is 11.6 Å². The lowest BCUT2D eigenvalue weighted by Crippen LogP contribution is -2.09. The van der Waals surface area contributed by atoms with E-state index in [1.165, 1.54) is 5.56 Å². The summed E-state index contributed by atoms with van der Waals surface area (Å²) < 4.78 is 5.79. The zero-order valence-electron chi connectivity index (χ0n) is 10.1. The number of hydrogen-bond acceptors (Lipinski definition) is 3. The van der Waals surface area contributed by atoms with E-state index >= 15 is 0 Å². The number of rotatable bonds is 1. The van der Waals surface area contributed by atoms with E-state index in [1.807, 2.05) is 19.1 Å². The van der Waals surface area contributed by atoms with Gasteiger partial charge in [0.15, 0.2) is 0 Å². The molecule has 1 aliphatic heterocycles. The van der Waals surface area contributed by atoms with Gasteiger partial charge in [-0.05, 0) is 31.4 Å². The Morgan fingerprint density at radius 2 is 2.17 bits per heavy atom.